The van der Waals surface area contributed by atoms with Crippen LogP contribution in [0.15, 0.2) is 25.3 Å². The number of nitrogens with zero attached hydrogens (tertiary/aromatic N) is 1. The smallest absolute Gasteiger partial charge is 0.0278 e. The fraction of sp³-hybridized carbons (Fsp3) is 0.600. The summed E-state index contributed by atoms with van der Waals surface area (Å²) >= 11 is 0. The molecule has 0 unspecified atom stereocenters. The second-order valence-corrected chi connectivity index (χ2v) is 3.08. The van der Waals surface area contributed by atoms with Crippen LogP contribution < -0.4 is 0 Å². The van der Waals surface area contributed by atoms with Crippen molar-refractivity contribution >= 4 is 0 Å². The highest BCUT2D eigenvalue weighted by atomic mass is 15.1. The minimum absolute atomic E-state index is 0.599. The molecule has 0 radical (unpaired) electrons. The lowest BCUT2D eigenvalue weighted by Gasteiger charge is -2.32. The summed E-state index contributed by atoms with van der Waals surface area (Å²) < 4.78 is 0. The van der Waals surface area contributed by atoms with E-state index in [-0.39, 0.29) is 0 Å². The van der Waals surface area contributed by atoms with E-state index in [1.807, 2.05) is 6.08 Å². The molecule has 1 atom stereocenters. The third kappa shape index (κ3) is 2.19. The molecule has 1 rings (SSSR count). The van der Waals surface area contributed by atoms with Crippen molar-refractivity contribution in [1.29, 1.82) is 0 Å². The first kappa shape index (κ1) is 8.54. The Morgan fingerprint density at radius 1 is 1.36 bits per heavy atom. The summed E-state index contributed by atoms with van der Waals surface area (Å²) in [6, 6.07) is 0.599. The molecule has 0 N–H and O–H groups in total. The van der Waals surface area contributed by atoms with Gasteiger partial charge < -0.3 is 0 Å². The van der Waals surface area contributed by atoms with E-state index >= 15 is 0 Å². The molecule has 1 saturated heterocycles. The predicted molar refractivity (Wildman–Crippen MR) is 49.6 cm³/mol. The van der Waals surface area contributed by atoms with Crippen molar-refractivity contribution < 1.29 is 0 Å². The van der Waals surface area contributed by atoms with Crippen LogP contribution in [0.25, 0.3) is 0 Å². The summed E-state index contributed by atoms with van der Waals surface area (Å²) in [7, 11) is 0. The Hall–Kier alpha value is -0.560. The lowest BCUT2D eigenvalue weighted by Crippen LogP contribution is -2.37. The summed E-state index contributed by atoms with van der Waals surface area (Å²) in [5.74, 6) is 0. The monoisotopic (exact) mass is 151 g/mol. The second-order valence-electron chi connectivity index (χ2n) is 3.08. The van der Waals surface area contributed by atoms with Gasteiger partial charge in [-0.1, -0.05) is 18.6 Å². The van der Waals surface area contributed by atoms with Crippen molar-refractivity contribution in [2.24, 2.45) is 0 Å². The lowest BCUT2D eigenvalue weighted by atomic mass is 10.0. The van der Waals surface area contributed by atoms with Gasteiger partial charge >= 0.3 is 0 Å². The van der Waals surface area contributed by atoms with E-state index in [1.165, 1.54) is 25.8 Å². The van der Waals surface area contributed by atoms with Crippen LogP contribution in [-0.4, -0.2) is 24.0 Å². The van der Waals surface area contributed by atoms with Crippen LogP contribution >= 0.6 is 0 Å². The lowest BCUT2D eigenvalue weighted by molar-refractivity contribution is 0.199. The van der Waals surface area contributed by atoms with Crippen LogP contribution in [0.4, 0.5) is 0 Å². The molecule has 62 valence electrons. The molecule has 1 nitrogen and oxygen atoms in total. The van der Waals surface area contributed by atoms with Crippen LogP contribution in [0.3, 0.4) is 0 Å². The van der Waals surface area contributed by atoms with Gasteiger partial charge in [-0.05, 0) is 19.4 Å². The van der Waals surface area contributed by atoms with Gasteiger partial charge in [0.1, 0.15) is 0 Å². The predicted octanol–water partition coefficient (Wildman–Crippen LogP) is 2.21. The highest BCUT2D eigenvalue weighted by molar-refractivity contribution is 4.92. The highest BCUT2D eigenvalue weighted by Gasteiger charge is 2.17. The van der Waals surface area contributed by atoms with Gasteiger partial charge in [-0.2, -0.15) is 0 Å². The summed E-state index contributed by atoms with van der Waals surface area (Å²) in [5.41, 5.74) is 0. The van der Waals surface area contributed by atoms with Crippen LogP contribution in [0.2, 0.25) is 0 Å². The minimum atomic E-state index is 0.599. The van der Waals surface area contributed by atoms with Crippen LogP contribution in [0.5, 0.6) is 0 Å². The Bertz CT molecular complexity index is 140. The van der Waals surface area contributed by atoms with Crippen molar-refractivity contribution in [2.45, 2.75) is 25.3 Å². The molecule has 1 aliphatic heterocycles. The Labute approximate surface area is 69.4 Å². The molecule has 0 amide bonds. The Kier molecular flexibility index (Phi) is 3.37. The first-order valence-corrected chi connectivity index (χ1v) is 4.36. The van der Waals surface area contributed by atoms with Gasteiger partial charge in [-0.15, -0.1) is 13.2 Å². The van der Waals surface area contributed by atoms with Gasteiger partial charge in [0.05, 0.1) is 0 Å². The molecule has 0 bridgehead atoms. The molecule has 0 aromatic heterocycles. The number of hydrogen-bond donors (Lipinski definition) is 0. The zero-order valence-electron chi connectivity index (χ0n) is 7.13. The molecular weight excluding hydrogens is 134 g/mol. The molecule has 0 aliphatic carbocycles. The van der Waals surface area contributed by atoms with Gasteiger partial charge in [-0.3, -0.25) is 4.90 Å². The maximum atomic E-state index is 3.84. The molecule has 0 saturated carbocycles. The summed E-state index contributed by atoms with van der Waals surface area (Å²) in [4.78, 5) is 2.43. The van der Waals surface area contributed by atoms with Crippen molar-refractivity contribution in [3.63, 3.8) is 0 Å². The molecule has 1 heteroatoms. The second kappa shape index (κ2) is 4.35. The van der Waals surface area contributed by atoms with Gasteiger partial charge in [0.2, 0.25) is 0 Å². The topological polar surface area (TPSA) is 3.24 Å². The van der Waals surface area contributed by atoms with Gasteiger partial charge in [-0.25, -0.2) is 0 Å². The standard InChI is InChI=1S/C10H17N/c1-3-8-11-9-6-5-7-10(11)4-2/h3-4,10H,1-2,5-9H2/t10-/m1/s1. The molecule has 1 aliphatic rings. The number of likely N-dealkylation sites (tertiary alicyclic amines) is 1. The zero-order chi connectivity index (χ0) is 8.10. The van der Waals surface area contributed by atoms with Gasteiger partial charge in [0, 0.05) is 12.6 Å². The summed E-state index contributed by atoms with van der Waals surface area (Å²) in [5, 5.41) is 0. The Balaban J connectivity index is 2.43. The maximum Gasteiger partial charge on any atom is 0.0278 e. The zero-order valence-corrected chi connectivity index (χ0v) is 7.13. The van der Waals surface area contributed by atoms with E-state index in [4.69, 9.17) is 0 Å². The molecule has 0 spiro atoms. The molecule has 11 heavy (non-hydrogen) atoms. The third-order valence-electron chi connectivity index (χ3n) is 2.30. The number of hydrogen-bond acceptors (Lipinski definition) is 1. The van der Waals surface area contributed by atoms with Crippen molar-refractivity contribution in [3.05, 3.63) is 25.3 Å². The van der Waals surface area contributed by atoms with Gasteiger partial charge in [0.25, 0.3) is 0 Å². The van der Waals surface area contributed by atoms with Crippen LogP contribution in [0.1, 0.15) is 19.3 Å². The first-order valence-electron chi connectivity index (χ1n) is 4.36. The summed E-state index contributed by atoms with van der Waals surface area (Å²) in [6.45, 7) is 9.81. The van der Waals surface area contributed by atoms with E-state index < -0.39 is 0 Å². The van der Waals surface area contributed by atoms with Crippen molar-refractivity contribution in [2.75, 3.05) is 13.1 Å². The van der Waals surface area contributed by atoms with Crippen LogP contribution in [-0.2, 0) is 0 Å². The fourth-order valence-electron chi connectivity index (χ4n) is 1.68. The van der Waals surface area contributed by atoms with E-state index in [2.05, 4.69) is 24.1 Å². The van der Waals surface area contributed by atoms with E-state index in [0.29, 0.717) is 6.04 Å². The van der Waals surface area contributed by atoms with E-state index in [9.17, 15) is 0 Å². The third-order valence-corrected chi connectivity index (χ3v) is 2.30. The minimum Gasteiger partial charge on any atom is -0.293 e. The molecular formula is C10H17N. The Morgan fingerprint density at radius 3 is 2.82 bits per heavy atom. The van der Waals surface area contributed by atoms with E-state index in [1.54, 1.807) is 0 Å². The quantitative estimate of drug-likeness (QED) is 0.559. The van der Waals surface area contributed by atoms with Crippen LogP contribution in [0, 0.1) is 0 Å². The maximum absolute atomic E-state index is 3.84. The number of piperidine rings is 1. The molecule has 0 aromatic rings. The SMILES string of the molecule is C=CCN1CCCC[C@H]1C=C. The molecule has 1 heterocycles. The Morgan fingerprint density at radius 2 is 2.18 bits per heavy atom. The fourth-order valence-corrected chi connectivity index (χ4v) is 1.68. The largest absolute Gasteiger partial charge is 0.293 e. The van der Waals surface area contributed by atoms with Gasteiger partial charge in [0.15, 0.2) is 0 Å². The average Bonchev–Trinajstić information content (AvgIpc) is 2.06. The molecule has 0 aromatic carbocycles. The normalized spacial score (nSPS) is 26.4. The molecule has 1 fully saturated rings. The van der Waals surface area contributed by atoms with Crippen molar-refractivity contribution in [3.8, 4) is 0 Å². The van der Waals surface area contributed by atoms with Crippen molar-refractivity contribution in [1.82, 2.24) is 4.90 Å². The average molecular weight is 151 g/mol. The highest BCUT2D eigenvalue weighted by Crippen LogP contribution is 2.16. The first-order chi connectivity index (χ1) is 5.38. The number of rotatable bonds is 3. The van der Waals surface area contributed by atoms with E-state index in [0.717, 1.165) is 6.54 Å². The summed E-state index contributed by atoms with van der Waals surface area (Å²) in [6.07, 6.45) is 7.99.